The van der Waals surface area contributed by atoms with E-state index in [1.165, 1.54) is 13.8 Å². The van der Waals surface area contributed by atoms with Crippen LogP contribution < -0.4 is 16.9 Å². The normalized spacial score (nSPS) is 14.4. The van der Waals surface area contributed by atoms with Gasteiger partial charge < -0.3 is 39.2 Å². The van der Waals surface area contributed by atoms with E-state index in [1.54, 1.807) is 106 Å². The van der Waals surface area contributed by atoms with E-state index in [-0.39, 0.29) is 118 Å². The molecule has 0 amide bonds. The zero-order valence-corrected chi connectivity index (χ0v) is 66.1. The summed E-state index contributed by atoms with van der Waals surface area (Å²) >= 11 is 0. The highest BCUT2D eigenvalue weighted by Gasteiger charge is 2.44. The molecule has 32 heteroatoms. The number of carbonyl (C=O) groups is 4. The molecule has 3 N–H and O–H groups in total. The quantitative estimate of drug-likeness (QED) is 0.0351. The summed E-state index contributed by atoms with van der Waals surface area (Å²) < 4.78 is 241. The average molecular weight is 1630 g/mol. The van der Waals surface area contributed by atoms with Crippen molar-refractivity contribution in [3.05, 3.63) is 183 Å². The highest BCUT2D eigenvalue weighted by Crippen LogP contribution is 2.49. The van der Waals surface area contributed by atoms with E-state index in [9.17, 15) is 90.9 Å². The summed E-state index contributed by atoms with van der Waals surface area (Å²) in [6.07, 6.45) is -16.5. The van der Waals surface area contributed by atoms with Crippen molar-refractivity contribution in [2.45, 2.75) is 200 Å². The summed E-state index contributed by atoms with van der Waals surface area (Å²) in [4.78, 5) is 79.1. The molecular formula is C79H97F16N5O9S2. The number of aliphatic carboxylic acids is 1. The third-order valence-corrected chi connectivity index (χ3v) is 18.8. The van der Waals surface area contributed by atoms with Crippen molar-refractivity contribution in [1.29, 1.82) is 0 Å². The minimum Gasteiger partial charge on any atom is -0.480 e. The van der Waals surface area contributed by atoms with E-state index in [2.05, 4.69) is 0 Å². The first-order valence-electron chi connectivity index (χ1n) is 35.6. The smallest absolute Gasteiger partial charge is 0.419 e. The number of benzene rings is 4. The number of alkyl halides is 12. The second-order valence-corrected chi connectivity index (χ2v) is 29.3. The number of Topliss-reactive ketones (excluding diaryl/α,β-unsaturated/α-hetero) is 1. The number of hydrogen-bond donors (Lipinski definition) is 2. The van der Waals surface area contributed by atoms with Gasteiger partial charge in [0.2, 0.25) is 0 Å². The fraction of sp³-hybridized carbons (Fsp3) is 0.519. The maximum atomic E-state index is 16.9. The van der Waals surface area contributed by atoms with E-state index < -0.39 is 165 Å². The van der Waals surface area contributed by atoms with Gasteiger partial charge in [0.1, 0.15) is 29.3 Å². The number of likely N-dealkylation sites (N-methyl/N-ethyl adjacent to an activating group) is 2. The van der Waals surface area contributed by atoms with Gasteiger partial charge >= 0.3 is 42.6 Å². The number of ketones is 1. The molecule has 6 aromatic rings. The van der Waals surface area contributed by atoms with Gasteiger partial charge in [-0.15, -0.1) is 0 Å². The predicted octanol–water partition coefficient (Wildman–Crippen LogP) is 18.7. The molecule has 111 heavy (non-hydrogen) atoms. The molecule has 2 fully saturated rings. The molecule has 2 heterocycles. The van der Waals surface area contributed by atoms with Gasteiger partial charge in [-0.1, -0.05) is 52.0 Å². The van der Waals surface area contributed by atoms with E-state index in [1.807, 2.05) is 12.1 Å². The molecule has 616 valence electrons. The second-order valence-electron chi connectivity index (χ2n) is 29.3. The Labute approximate surface area is 648 Å². The van der Waals surface area contributed by atoms with Crippen LogP contribution in [0, 0.1) is 62.8 Å². The largest absolute Gasteiger partial charge is 0.480 e. The standard InChI is InChI=1S/C40H46F8N2O4.C23H24F5NO2.C16H23F3N2O3.2H2S/c1-8-54-34(53)17-27(16-32(51)31(13-21(2)3)50-20-25(11-12-49(6)7)29(19-33(50)52)39(43,44)45)36-37(41)28(18-30(38(36)42)40(46,47)48)35-22(4)14-26(15-23(35)5)24-9-10-24;1-4-31-18(30)10-17(29)20-21(24)15(9-16(22(20)25)23(26,27)28)19-11(2)7-14(8-12(19)3)13-5-6-13;1-10(2)7-13(15(23)24)21-9-11(5-6-20(3)4)12(8-14(21)22)16(17,18)19;;/h14-15,18-21,24,27,31H,8-13,16-17H2,1-7H3;7-9,13,17H,4-6,10,29H2,1-3H3;8-10,13H,5-7H2,1-4H3,(H,23,24);2*1H2/t27-,31?;17-;;;/m00.../s1. The molecular weight excluding hydrogens is 1530 g/mol. The van der Waals surface area contributed by atoms with E-state index in [0.29, 0.717) is 59.0 Å². The molecule has 8 rings (SSSR count). The average Bonchev–Trinajstić information content (AvgIpc) is 1.48. The van der Waals surface area contributed by atoms with Gasteiger partial charge in [-0.25, -0.2) is 22.4 Å². The SMILES string of the molecule is CC(C)CC(C(=O)O)n1cc(CCN(C)C)c(C(F)(F)F)cc1=O.CCOC(=O)C[C@H](CC(=O)C(CC(C)C)n1cc(CCN(C)C)c(C(F)(F)F)cc1=O)c1c(F)c(-c2c(C)cc(C3CC3)cc2C)cc(C(F)(F)F)c1F.CCOC(=O)C[C@H](N)c1c(F)c(-c2c(C)cc(C3CC3)cc2C)cc(C(F)(F)F)c1F.S.S. The van der Waals surface area contributed by atoms with Crippen LogP contribution in [-0.4, -0.2) is 102 Å². The summed E-state index contributed by atoms with van der Waals surface area (Å²) in [6.45, 7) is 16.8. The highest BCUT2D eigenvalue weighted by atomic mass is 32.1. The Bertz CT molecular complexity index is 4360. The first kappa shape index (κ1) is 95.7. The number of carbonyl (C=O) groups excluding carboxylic acids is 3. The number of carboxylic acid groups (broad SMARTS) is 1. The van der Waals surface area contributed by atoms with Crippen molar-refractivity contribution >= 4 is 50.7 Å². The van der Waals surface area contributed by atoms with Crippen molar-refractivity contribution in [1.82, 2.24) is 18.9 Å². The third kappa shape index (κ3) is 25.2. The van der Waals surface area contributed by atoms with Crippen LogP contribution in [0.5, 0.6) is 0 Å². The fourth-order valence-corrected chi connectivity index (χ4v) is 13.4. The Kier molecular flexibility index (Phi) is 33.9. The van der Waals surface area contributed by atoms with Crippen molar-refractivity contribution < 1.29 is 104 Å². The zero-order chi connectivity index (χ0) is 82.2. The first-order chi connectivity index (χ1) is 50.4. The third-order valence-electron chi connectivity index (χ3n) is 18.8. The zero-order valence-electron chi connectivity index (χ0n) is 64.1. The van der Waals surface area contributed by atoms with Crippen LogP contribution in [0.2, 0.25) is 0 Å². The predicted molar refractivity (Wildman–Crippen MR) is 400 cm³/mol. The number of carboxylic acids is 1. The second kappa shape index (κ2) is 39.4. The molecule has 4 aromatic carbocycles. The number of rotatable bonds is 28. The van der Waals surface area contributed by atoms with Gasteiger partial charge in [-0.2, -0.15) is 79.7 Å². The minimum atomic E-state index is -5.31. The molecule has 2 aliphatic rings. The van der Waals surface area contributed by atoms with Crippen molar-refractivity contribution in [2.24, 2.45) is 17.6 Å². The van der Waals surface area contributed by atoms with Crippen LogP contribution >= 0.6 is 27.0 Å². The number of halogens is 16. The minimum absolute atomic E-state index is 0. The molecule has 2 saturated carbocycles. The van der Waals surface area contributed by atoms with Gasteiger partial charge in [-0.05, 0) is 213 Å². The lowest BCUT2D eigenvalue weighted by Gasteiger charge is -2.27. The van der Waals surface area contributed by atoms with Crippen LogP contribution in [0.15, 0.2) is 70.5 Å². The Morgan fingerprint density at radius 1 is 0.505 bits per heavy atom. The first-order valence-corrected chi connectivity index (χ1v) is 35.6. The number of aromatic nitrogens is 2. The monoisotopic (exact) mass is 1630 g/mol. The Morgan fingerprint density at radius 3 is 1.16 bits per heavy atom. The Balaban J connectivity index is 0.000000385. The number of hydrogen-bond acceptors (Lipinski definition) is 11. The molecule has 0 bridgehead atoms. The number of aryl methyl sites for hydroxylation is 4. The van der Waals surface area contributed by atoms with E-state index >= 15 is 13.2 Å². The topological polar surface area (TPSA) is 183 Å². The molecule has 14 nitrogen and oxygen atoms in total. The molecule has 2 aliphatic carbocycles. The fourth-order valence-electron chi connectivity index (χ4n) is 13.4. The molecule has 0 saturated heterocycles. The van der Waals surface area contributed by atoms with Crippen molar-refractivity contribution in [2.75, 3.05) is 54.5 Å². The Hall–Kier alpha value is -7.68. The lowest BCUT2D eigenvalue weighted by Crippen LogP contribution is -2.33. The van der Waals surface area contributed by atoms with Gasteiger partial charge in [0.25, 0.3) is 11.1 Å². The number of esters is 2. The van der Waals surface area contributed by atoms with Crippen molar-refractivity contribution in [3.8, 4) is 22.3 Å². The van der Waals surface area contributed by atoms with Gasteiger partial charge in [0.15, 0.2) is 5.78 Å². The molecule has 4 atom stereocenters. The number of nitrogens with two attached hydrogens (primary N) is 1. The Morgan fingerprint density at radius 2 is 0.838 bits per heavy atom. The molecule has 2 unspecified atom stereocenters. The molecule has 0 aliphatic heterocycles. The van der Waals surface area contributed by atoms with Crippen LogP contribution in [0.3, 0.4) is 0 Å². The summed E-state index contributed by atoms with van der Waals surface area (Å²) in [7, 11) is 6.73. The van der Waals surface area contributed by atoms with Crippen LogP contribution in [0.1, 0.15) is 213 Å². The number of pyridine rings is 2. The molecule has 0 radical (unpaired) electrons. The van der Waals surface area contributed by atoms with Crippen LogP contribution in [0.25, 0.3) is 22.3 Å². The number of nitrogens with zero attached hydrogens (tertiary/aromatic N) is 4. The highest BCUT2D eigenvalue weighted by molar-refractivity contribution is 7.59. The molecule has 0 spiro atoms. The molecule has 2 aromatic heterocycles. The lowest BCUT2D eigenvalue weighted by molar-refractivity contribution is -0.144. The van der Waals surface area contributed by atoms with Crippen molar-refractivity contribution in [3.63, 3.8) is 0 Å². The van der Waals surface area contributed by atoms with E-state index in [4.69, 9.17) is 15.2 Å². The maximum absolute atomic E-state index is 16.9. The van der Waals surface area contributed by atoms with Gasteiger partial charge in [0, 0.05) is 78.3 Å². The lowest BCUT2D eigenvalue weighted by atomic mass is 9.82. The van der Waals surface area contributed by atoms with Gasteiger partial charge in [-0.3, -0.25) is 24.0 Å². The summed E-state index contributed by atoms with van der Waals surface area (Å²) in [6, 6.07) is 4.62. The van der Waals surface area contributed by atoms with Crippen LogP contribution in [0.4, 0.5) is 70.2 Å². The summed E-state index contributed by atoms with van der Waals surface area (Å²) in [5.41, 5.74) is -0.952. The summed E-state index contributed by atoms with van der Waals surface area (Å²) in [5, 5.41) is 9.35. The number of ether oxygens (including phenoxy) is 2. The van der Waals surface area contributed by atoms with E-state index in [0.717, 1.165) is 58.3 Å². The van der Waals surface area contributed by atoms with Gasteiger partial charge in [0.05, 0.1) is 54.4 Å². The summed E-state index contributed by atoms with van der Waals surface area (Å²) in [5.74, 6) is -12.0. The maximum Gasteiger partial charge on any atom is 0.419 e. The van der Waals surface area contributed by atoms with Crippen LogP contribution in [-0.2, 0) is 66.2 Å².